The van der Waals surface area contributed by atoms with Gasteiger partial charge in [-0.25, -0.2) is 0 Å². The molecular formula is C11H19ClN2O2. The van der Waals surface area contributed by atoms with Crippen LogP contribution in [0, 0.1) is 0 Å². The van der Waals surface area contributed by atoms with Crippen molar-refractivity contribution in [2.75, 3.05) is 26.2 Å². The fourth-order valence-corrected chi connectivity index (χ4v) is 2.96. The molecule has 1 N–H and O–H groups in total. The number of halogens is 1. The number of fused-ring (bicyclic) bond motifs is 1. The fraction of sp³-hybridized carbons (Fsp3) is 0.909. The van der Waals surface area contributed by atoms with Gasteiger partial charge in [0.1, 0.15) is 5.38 Å². The lowest BCUT2D eigenvalue weighted by atomic mass is 10.1. The van der Waals surface area contributed by atoms with Gasteiger partial charge >= 0.3 is 5.97 Å². The molecule has 0 spiro atoms. The van der Waals surface area contributed by atoms with E-state index in [4.69, 9.17) is 16.7 Å². The van der Waals surface area contributed by atoms with Crippen LogP contribution >= 0.6 is 11.6 Å². The van der Waals surface area contributed by atoms with Crippen molar-refractivity contribution in [2.45, 2.75) is 37.2 Å². The molecule has 0 aliphatic carbocycles. The summed E-state index contributed by atoms with van der Waals surface area (Å²) in [5.41, 5.74) is 0. The maximum absolute atomic E-state index is 10.7. The van der Waals surface area contributed by atoms with Crippen LogP contribution in [0.5, 0.6) is 0 Å². The number of carbonyl (C=O) groups is 1. The van der Waals surface area contributed by atoms with Gasteiger partial charge in [-0.3, -0.25) is 14.6 Å². The normalized spacial score (nSPS) is 33.6. The predicted molar refractivity (Wildman–Crippen MR) is 62.9 cm³/mol. The van der Waals surface area contributed by atoms with Crippen LogP contribution in [0.1, 0.15) is 19.8 Å². The molecule has 0 saturated carbocycles. The molecule has 2 fully saturated rings. The second-order valence-corrected chi connectivity index (χ2v) is 5.43. The number of carboxylic acids is 1. The molecule has 2 heterocycles. The van der Waals surface area contributed by atoms with E-state index >= 15 is 0 Å². The molecule has 16 heavy (non-hydrogen) atoms. The average molecular weight is 247 g/mol. The molecule has 3 atom stereocenters. The number of carboxylic acid groups (broad SMARTS) is 1. The number of hydrogen-bond donors (Lipinski definition) is 1. The summed E-state index contributed by atoms with van der Waals surface area (Å²) >= 11 is 5.80. The SMILES string of the molecule is CC1CN2CCCC2CN1CC(Cl)C(=O)O. The number of hydrogen-bond acceptors (Lipinski definition) is 3. The molecule has 0 amide bonds. The molecule has 2 aliphatic rings. The van der Waals surface area contributed by atoms with Crippen LogP contribution in [0.4, 0.5) is 0 Å². The fourth-order valence-electron chi connectivity index (χ4n) is 2.79. The zero-order valence-electron chi connectivity index (χ0n) is 9.60. The largest absolute Gasteiger partial charge is 0.480 e. The minimum absolute atomic E-state index is 0.412. The van der Waals surface area contributed by atoms with Gasteiger partial charge in [-0.05, 0) is 26.3 Å². The van der Waals surface area contributed by atoms with Crippen molar-refractivity contribution in [3.8, 4) is 0 Å². The van der Waals surface area contributed by atoms with Crippen LogP contribution in [0.25, 0.3) is 0 Å². The minimum atomic E-state index is -0.914. The molecule has 92 valence electrons. The Kier molecular flexibility index (Phi) is 3.72. The average Bonchev–Trinajstić information content (AvgIpc) is 2.65. The number of piperazine rings is 1. The van der Waals surface area contributed by atoms with Gasteiger partial charge in [0.2, 0.25) is 0 Å². The number of alkyl halides is 1. The first kappa shape index (κ1) is 12.1. The highest BCUT2D eigenvalue weighted by molar-refractivity contribution is 6.29. The third kappa shape index (κ3) is 2.50. The molecule has 0 aromatic heterocycles. The van der Waals surface area contributed by atoms with Crippen molar-refractivity contribution in [3.05, 3.63) is 0 Å². The summed E-state index contributed by atoms with van der Waals surface area (Å²) in [6.45, 7) is 5.83. The van der Waals surface area contributed by atoms with E-state index in [-0.39, 0.29) is 0 Å². The highest BCUT2D eigenvalue weighted by Crippen LogP contribution is 2.24. The molecule has 2 rings (SSSR count). The highest BCUT2D eigenvalue weighted by Gasteiger charge is 2.35. The molecule has 0 bridgehead atoms. The first-order valence-electron chi connectivity index (χ1n) is 5.93. The summed E-state index contributed by atoms with van der Waals surface area (Å²) in [4.78, 5) is 15.5. The summed E-state index contributed by atoms with van der Waals surface area (Å²) < 4.78 is 0. The first-order chi connectivity index (χ1) is 7.58. The molecule has 2 aliphatic heterocycles. The minimum Gasteiger partial charge on any atom is -0.480 e. The Morgan fingerprint density at radius 2 is 2.31 bits per heavy atom. The maximum atomic E-state index is 10.7. The Morgan fingerprint density at radius 3 is 3.00 bits per heavy atom. The van der Waals surface area contributed by atoms with E-state index in [0.717, 1.165) is 13.1 Å². The van der Waals surface area contributed by atoms with Crippen LogP contribution in [0.2, 0.25) is 0 Å². The van der Waals surface area contributed by atoms with Crippen molar-refractivity contribution in [3.63, 3.8) is 0 Å². The van der Waals surface area contributed by atoms with Gasteiger partial charge in [0, 0.05) is 31.7 Å². The third-order valence-electron chi connectivity index (χ3n) is 3.73. The van der Waals surface area contributed by atoms with Crippen molar-refractivity contribution >= 4 is 17.6 Å². The number of rotatable bonds is 3. The van der Waals surface area contributed by atoms with E-state index in [1.165, 1.54) is 19.4 Å². The molecular weight excluding hydrogens is 228 g/mol. The van der Waals surface area contributed by atoms with Crippen LogP contribution in [0.15, 0.2) is 0 Å². The Morgan fingerprint density at radius 1 is 1.56 bits per heavy atom. The molecule has 2 saturated heterocycles. The van der Waals surface area contributed by atoms with Crippen LogP contribution in [0.3, 0.4) is 0 Å². The van der Waals surface area contributed by atoms with Gasteiger partial charge in [-0.2, -0.15) is 0 Å². The van der Waals surface area contributed by atoms with E-state index in [9.17, 15) is 4.79 Å². The second kappa shape index (κ2) is 4.90. The predicted octanol–water partition coefficient (Wildman–Crippen LogP) is 0.847. The molecule has 3 unspecified atom stereocenters. The second-order valence-electron chi connectivity index (χ2n) is 4.90. The lowest BCUT2D eigenvalue weighted by molar-refractivity contribution is -0.137. The molecule has 4 nitrogen and oxygen atoms in total. The van der Waals surface area contributed by atoms with E-state index in [0.29, 0.717) is 18.6 Å². The maximum Gasteiger partial charge on any atom is 0.322 e. The first-order valence-corrected chi connectivity index (χ1v) is 6.36. The summed E-state index contributed by atoms with van der Waals surface area (Å²) in [6.07, 6.45) is 2.51. The van der Waals surface area contributed by atoms with Crippen molar-refractivity contribution in [1.29, 1.82) is 0 Å². The van der Waals surface area contributed by atoms with Crippen molar-refractivity contribution < 1.29 is 9.90 Å². The summed E-state index contributed by atoms with van der Waals surface area (Å²) in [6, 6.07) is 1.03. The van der Waals surface area contributed by atoms with Crippen LogP contribution < -0.4 is 0 Å². The third-order valence-corrected chi connectivity index (χ3v) is 4.05. The van der Waals surface area contributed by atoms with Gasteiger partial charge in [-0.15, -0.1) is 11.6 Å². The Bertz CT molecular complexity index is 275. The lowest BCUT2D eigenvalue weighted by Gasteiger charge is -2.42. The van der Waals surface area contributed by atoms with Gasteiger partial charge in [0.25, 0.3) is 0 Å². The van der Waals surface area contributed by atoms with E-state index in [2.05, 4.69) is 16.7 Å². The highest BCUT2D eigenvalue weighted by atomic mass is 35.5. The lowest BCUT2D eigenvalue weighted by Crippen LogP contribution is -2.56. The smallest absolute Gasteiger partial charge is 0.322 e. The topological polar surface area (TPSA) is 43.8 Å². The van der Waals surface area contributed by atoms with Gasteiger partial charge < -0.3 is 5.11 Å². The molecule has 0 radical (unpaired) electrons. The standard InChI is InChI=1S/C11H19ClN2O2/c1-8-5-13-4-2-3-9(13)6-14(8)7-10(12)11(15)16/h8-10H,2-7H2,1H3,(H,15,16). The number of nitrogens with zero attached hydrogens (tertiary/aromatic N) is 2. The van der Waals surface area contributed by atoms with E-state index < -0.39 is 11.3 Å². The quantitative estimate of drug-likeness (QED) is 0.750. The van der Waals surface area contributed by atoms with E-state index in [1.807, 2.05) is 0 Å². The van der Waals surface area contributed by atoms with Crippen LogP contribution in [-0.4, -0.2) is 64.5 Å². The molecule has 5 heteroatoms. The van der Waals surface area contributed by atoms with Gasteiger partial charge in [0.15, 0.2) is 0 Å². The van der Waals surface area contributed by atoms with E-state index in [1.54, 1.807) is 0 Å². The van der Waals surface area contributed by atoms with Crippen LogP contribution in [-0.2, 0) is 4.79 Å². The molecule has 0 aromatic rings. The summed E-state index contributed by atoms with van der Waals surface area (Å²) in [5, 5.41) is 8.04. The van der Waals surface area contributed by atoms with Gasteiger partial charge in [-0.1, -0.05) is 0 Å². The Labute approximate surface area is 101 Å². The molecule has 0 aromatic carbocycles. The Balaban J connectivity index is 1.92. The zero-order chi connectivity index (χ0) is 11.7. The summed E-state index contributed by atoms with van der Waals surface area (Å²) in [7, 11) is 0. The number of aliphatic carboxylic acids is 1. The van der Waals surface area contributed by atoms with Crippen molar-refractivity contribution in [1.82, 2.24) is 9.80 Å². The van der Waals surface area contributed by atoms with Gasteiger partial charge in [0.05, 0.1) is 0 Å². The van der Waals surface area contributed by atoms with Crippen molar-refractivity contribution in [2.24, 2.45) is 0 Å². The Hall–Kier alpha value is -0.320. The zero-order valence-corrected chi connectivity index (χ0v) is 10.4. The summed E-state index contributed by atoms with van der Waals surface area (Å²) in [5.74, 6) is -0.914. The monoisotopic (exact) mass is 246 g/mol.